The summed E-state index contributed by atoms with van der Waals surface area (Å²) < 4.78 is 5.59. The first-order valence-corrected chi connectivity index (χ1v) is 8.86. The summed E-state index contributed by atoms with van der Waals surface area (Å²) in [6.07, 6.45) is -0.786. The van der Waals surface area contributed by atoms with Gasteiger partial charge in [-0.3, -0.25) is 4.79 Å². The minimum atomic E-state index is -0.786. The van der Waals surface area contributed by atoms with Crippen molar-refractivity contribution in [1.29, 1.82) is 0 Å². The highest BCUT2D eigenvalue weighted by Crippen LogP contribution is 2.37. The largest absolute Gasteiger partial charge is 0.389 e. The van der Waals surface area contributed by atoms with Crippen LogP contribution in [0.2, 0.25) is 5.02 Å². The molecule has 26 heavy (non-hydrogen) atoms. The number of nitrogens with zero attached hydrogens (tertiary/aromatic N) is 1. The Labute approximate surface area is 156 Å². The van der Waals surface area contributed by atoms with Crippen LogP contribution in [0.1, 0.15) is 15.9 Å². The molecule has 0 aliphatic carbocycles. The van der Waals surface area contributed by atoms with Gasteiger partial charge >= 0.3 is 0 Å². The summed E-state index contributed by atoms with van der Waals surface area (Å²) in [5.74, 6) is -0.0815. The monoisotopic (exact) mass is 367 g/mol. The minimum absolute atomic E-state index is 0.0815. The van der Waals surface area contributed by atoms with Crippen LogP contribution in [0.3, 0.4) is 0 Å². The van der Waals surface area contributed by atoms with Crippen molar-refractivity contribution < 1.29 is 14.6 Å². The topological polar surface area (TPSA) is 49.8 Å². The molecular weight excluding hydrogens is 350 g/mol. The predicted octanol–water partition coefficient (Wildman–Crippen LogP) is 4.03. The maximum Gasteiger partial charge on any atom is 0.259 e. The number of aliphatic hydroxyl groups excluding tert-OH is 1. The lowest BCUT2D eigenvalue weighted by Crippen LogP contribution is -2.37. The third-order valence-corrected chi connectivity index (χ3v) is 4.94. The molecular formula is C21H18ClNO3. The first kappa shape index (κ1) is 17.0. The minimum Gasteiger partial charge on any atom is -0.389 e. The fourth-order valence-electron chi connectivity index (χ4n) is 3.34. The summed E-state index contributed by atoms with van der Waals surface area (Å²) in [4.78, 5) is 14.3. The van der Waals surface area contributed by atoms with Gasteiger partial charge in [-0.15, -0.1) is 0 Å². The van der Waals surface area contributed by atoms with Crippen molar-refractivity contribution in [3.8, 4) is 0 Å². The van der Waals surface area contributed by atoms with Crippen LogP contribution in [0.4, 0.5) is 5.69 Å². The number of anilines is 1. The second kappa shape index (κ2) is 7.08. The Hall–Kier alpha value is -2.40. The summed E-state index contributed by atoms with van der Waals surface area (Å²) in [7, 11) is 0. The van der Waals surface area contributed by atoms with Crippen LogP contribution in [0.25, 0.3) is 10.8 Å². The Morgan fingerprint density at radius 2 is 1.81 bits per heavy atom. The number of carbonyl (C=O) groups excluding carboxylic acids is 1. The van der Waals surface area contributed by atoms with Gasteiger partial charge in [0.15, 0.2) is 0 Å². The second-order valence-corrected chi connectivity index (χ2v) is 6.76. The third kappa shape index (κ3) is 3.07. The molecule has 5 heteroatoms. The molecule has 3 aromatic carbocycles. The Kier molecular flexibility index (Phi) is 4.64. The third-order valence-electron chi connectivity index (χ3n) is 4.57. The highest BCUT2D eigenvalue weighted by atomic mass is 35.5. The van der Waals surface area contributed by atoms with E-state index < -0.39 is 6.10 Å². The standard InChI is InChI=1S/C21H18ClNO3/c22-18-9-2-1-5-15(18)12-26-13-16(24)11-23-19-10-4-7-14-6-3-8-17(20(14)19)21(23)25/h1-10,16,24H,11-13H2. The zero-order chi connectivity index (χ0) is 18.1. The highest BCUT2D eigenvalue weighted by Gasteiger charge is 2.30. The average Bonchev–Trinajstić information content (AvgIpc) is 2.91. The van der Waals surface area contributed by atoms with E-state index in [0.717, 1.165) is 22.0 Å². The average molecular weight is 368 g/mol. The van der Waals surface area contributed by atoms with E-state index in [2.05, 4.69) is 0 Å². The molecule has 1 aliphatic rings. The number of hydrogen-bond donors (Lipinski definition) is 1. The van der Waals surface area contributed by atoms with Crippen molar-refractivity contribution in [3.63, 3.8) is 0 Å². The number of carbonyl (C=O) groups is 1. The van der Waals surface area contributed by atoms with Crippen molar-refractivity contribution in [2.45, 2.75) is 12.7 Å². The van der Waals surface area contributed by atoms with Crippen molar-refractivity contribution in [2.75, 3.05) is 18.1 Å². The van der Waals surface area contributed by atoms with Gasteiger partial charge in [-0.25, -0.2) is 0 Å². The van der Waals surface area contributed by atoms with E-state index in [9.17, 15) is 9.90 Å². The molecule has 1 N–H and O–H groups in total. The molecule has 0 fully saturated rings. The van der Waals surface area contributed by atoms with E-state index in [0.29, 0.717) is 17.2 Å². The number of halogens is 1. The summed E-state index contributed by atoms with van der Waals surface area (Å²) in [6, 6.07) is 19.0. The van der Waals surface area contributed by atoms with Gasteiger partial charge in [-0.1, -0.05) is 54.1 Å². The molecule has 0 bridgehead atoms. The number of rotatable bonds is 6. The van der Waals surface area contributed by atoms with E-state index in [1.165, 1.54) is 0 Å². The molecule has 4 nitrogen and oxygen atoms in total. The lowest BCUT2D eigenvalue weighted by Gasteiger charge is -2.21. The summed E-state index contributed by atoms with van der Waals surface area (Å²) in [6.45, 7) is 0.636. The normalized spacial score (nSPS) is 14.2. The molecule has 1 aliphatic heterocycles. The van der Waals surface area contributed by atoms with Gasteiger partial charge in [-0.05, 0) is 29.1 Å². The first-order valence-electron chi connectivity index (χ1n) is 8.48. The van der Waals surface area contributed by atoms with E-state index in [-0.39, 0.29) is 19.1 Å². The predicted molar refractivity (Wildman–Crippen MR) is 103 cm³/mol. The van der Waals surface area contributed by atoms with Crippen LogP contribution in [0.5, 0.6) is 0 Å². The molecule has 4 rings (SSSR count). The van der Waals surface area contributed by atoms with Gasteiger partial charge < -0.3 is 14.7 Å². The number of β-amino-alcohol motifs (C(OH)–C–C–N with tert-alkyl or cyclic N) is 1. The van der Waals surface area contributed by atoms with E-state index in [1.54, 1.807) is 11.0 Å². The fraction of sp³-hybridized carbons (Fsp3) is 0.190. The number of ether oxygens (including phenoxy) is 1. The van der Waals surface area contributed by atoms with Gasteiger partial charge in [-0.2, -0.15) is 0 Å². The zero-order valence-corrected chi connectivity index (χ0v) is 14.8. The molecule has 1 amide bonds. The Balaban J connectivity index is 1.43. The summed E-state index contributed by atoms with van der Waals surface area (Å²) >= 11 is 6.10. The Morgan fingerprint density at radius 1 is 1.04 bits per heavy atom. The zero-order valence-electron chi connectivity index (χ0n) is 14.1. The van der Waals surface area contributed by atoms with Gasteiger partial charge in [0.1, 0.15) is 0 Å². The van der Waals surface area contributed by atoms with E-state index in [4.69, 9.17) is 16.3 Å². The van der Waals surface area contributed by atoms with Crippen LogP contribution in [-0.2, 0) is 11.3 Å². The lowest BCUT2D eigenvalue weighted by molar-refractivity contribution is 0.0317. The van der Waals surface area contributed by atoms with E-state index in [1.807, 2.05) is 54.6 Å². The van der Waals surface area contributed by atoms with Crippen molar-refractivity contribution in [1.82, 2.24) is 0 Å². The number of aliphatic hydroxyl groups is 1. The fourth-order valence-corrected chi connectivity index (χ4v) is 3.53. The SMILES string of the molecule is O=C1c2cccc3cccc(c23)N1CC(O)COCc1ccccc1Cl. The van der Waals surface area contributed by atoms with Crippen molar-refractivity contribution >= 4 is 34.0 Å². The smallest absolute Gasteiger partial charge is 0.259 e. The maximum absolute atomic E-state index is 12.7. The molecule has 0 spiro atoms. The molecule has 1 unspecified atom stereocenters. The Bertz CT molecular complexity index is 967. The van der Waals surface area contributed by atoms with Gasteiger partial charge in [0.25, 0.3) is 5.91 Å². The number of hydrogen-bond acceptors (Lipinski definition) is 3. The molecule has 1 heterocycles. The molecule has 0 radical (unpaired) electrons. The molecule has 0 saturated carbocycles. The quantitative estimate of drug-likeness (QED) is 0.715. The van der Waals surface area contributed by atoms with Crippen LogP contribution in [0, 0.1) is 0 Å². The van der Waals surface area contributed by atoms with Crippen LogP contribution >= 0.6 is 11.6 Å². The molecule has 0 aromatic heterocycles. The molecule has 3 aromatic rings. The first-order chi connectivity index (χ1) is 12.6. The molecule has 132 valence electrons. The van der Waals surface area contributed by atoms with Crippen LogP contribution < -0.4 is 4.90 Å². The van der Waals surface area contributed by atoms with Crippen molar-refractivity contribution in [3.05, 3.63) is 76.8 Å². The summed E-state index contributed by atoms with van der Waals surface area (Å²) in [5.41, 5.74) is 2.39. The molecule has 1 atom stereocenters. The van der Waals surface area contributed by atoms with Gasteiger partial charge in [0, 0.05) is 16.0 Å². The highest BCUT2D eigenvalue weighted by molar-refractivity contribution is 6.31. The maximum atomic E-state index is 12.7. The second-order valence-electron chi connectivity index (χ2n) is 6.36. The van der Waals surface area contributed by atoms with Crippen molar-refractivity contribution in [2.24, 2.45) is 0 Å². The molecule has 0 saturated heterocycles. The summed E-state index contributed by atoms with van der Waals surface area (Å²) in [5, 5.41) is 13.0. The van der Waals surface area contributed by atoms with Gasteiger partial charge in [0.05, 0.1) is 31.5 Å². The van der Waals surface area contributed by atoms with Crippen LogP contribution in [-0.4, -0.2) is 30.3 Å². The lowest BCUT2D eigenvalue weighted by atomic mass is 10.1. The van der Waals surface area contributed by atoms with Gasteiger partial charge in [0.2, 0.25) is 0 Å². The Morgan fingerprint density at radius 3 is 2.62 bits per heavy atom. The number of benzene rings is 3. The number of amides is 1. The van der Waals surface area contributed by atoms with Crippen LogP contribution in [0.15, 0.2) is 60.7 Å². The van der Waals surface area contributed by atoms with E-state index >= 15 is 0 Å².